The van der Waals surface area contributed by atoms with Crippen molar-refractivity contribution in [3.05, 3.63) is 41.6 Å². The number of carbonyl (C=O) groups excluding carboxylic acids is 1. The molecular weight excluding hydrogens is 410 g/mol. The third-order valence-corrected chi connectivity index (χ3v) is 8.66. The van der Waals surface area contributed by atoms with Gasteiger partial charge in [-0.3, -0.25) is 4.79 Å². The van der Waals surface area contributed by atoms with Gasteiger partial charge in [-0.05, 0) is 75.7 Å². The molecule has 0 bridgehead atoms. The van der Waals surface area contributed by atoms with Gasteiger partial charge in [0.25, 0.3) is 0 Å². The van der Waals surface area contributed by atoms with Crippen LogP contribution in [0, 0.1) is 17.8 Å². The van der Waals surface area contributed by atoms with Gasteiger partial charge in [-0.25, -0.2) is 0 Å². The monoisotopic (exact) mass is 453 g/mol. The molecule has 33 heavy (non-hydrogen) atoms. The molecule has 0 saturated carbocycles. The minimum atomic E-state index is -0.111. The minimum Gasteiger partial charge on any atom is -0.497 e. The summed E-state index contributed by atoms with van der Waals surface area (Å²) < 4.78 is 5.60. The summed E-state index contributed by atoms with van der Waals surface area (Å²) in [5.74, 6) is 2.49. The molecule has 2 heterocycles. The number of ether oxygens (including phenoxy) is 1. The van der Waals surface area contributed by atoms with Crippen LogP contribution in [0.2, 0.25) is 0 Å². The molecule has 0 aromatic heterocycles. The number of piperidine rings is 1. The van der Waals surface area contributed by atoms with Crippen LogP contribution < -0.4 is 10.1 Å². The summed E-state index contributed by atoms with van der Waals surface area (Å²) in [5, 5.41) is 3.72. The van der Waals surface area contributed by atoms with E-state index in [9.17, 15) is 4.79 Å². The quantitative estimate of drug-likeness (QED) is 0.632. The number of unbranched alkanes of at least 4 members (excludes halogenated alkanes) is 1. The van der Waals surface area contributed by atoms with Crippen LogP contribution in [0.3, 0.4) is 0 Å². The molecule has 0 spiro atoms. The van der Waals surface area contributed by atoms with Gasteiger partial charge in [0, 0.05) is 36.7 Å². The van der Waals surface area contributed by atoms with Crippen LogP contribution in [0.25, 0.3) is 0 Å². The molecule has 5 unspecified atom stereocenters. The predicted molar refractivity (Wildman–Crippen MR) is 134 cm³/mol. The Bertz CT molecular complexity index is 864. The van der Waals surface area contributed by atoms with E-state index in [1.165, 1.54) is 30.6 Å². The number of nitrogens with one attached hydrogen (secondary N) is 1. The molecule has 1 aliphatic carbocycles. The van der Waals surface area contributed by atoms with Gasteiger partial charge < -0.3 is 19.9 Å². The number of fused-ring (bicyclic) bond motifs is 2. The highest BCUT2D eigenvalue weighted by Gasteiger charge is 2.52. The Balaban J connectivity index is 1.69. The number of rotatable bonds is 8. The lowest BCUT2D eigenvalue weighted by Gasteiger charge is -2.51. The topological polar surface area (TPSA) is 44.8 Å². The third-order valence-electron chi connectivity index (χ3n) is 8.66. The molecule has 5 heteroatoms. The molecule has 182 valence electrons. The Hall–Kier alpha value is -2.01. The number of allylic oxidation sites excluding steroid dienone is 2. The van der Waals surface area contributed by atoms with E-state index in [-0.39, 0.29) is 17.4 Å². The fourth-order valence-electron chi connectivity index (χ4n) is 6.58. The maximum Gasteiger partial charge on any atom is 0.245 e. The molecule has 1 aromatic carbocycles. The molecule has 2 fully saturated rings. The molecule has 2 saturated heterocycles. The summed E-state index contributed by atoms with van der Waals surface area (Å²) in [6.07, 6.45) is 7.30. The van der Waals surface area contributed by atoms with Gasteiger partial charge in [-0.1, -0.05) is 38.5 Å². The normalized spacial score (nSPS) is 31.2. The predicted octanol–water partition coefficient (Wildman–Crippen LogP) is 4.44. The second-order valence-electron chi connectivity index (χ2n) is 10.3. The van der Waals surface area contributed by atoms with Crippen molar-refractivity contribution in [1.29, 1.82) is 0 Å². The van der Waals surface area contributed by atoms with Crippen molar-refractivity contribution in [2.24, 2.45) is 17.8 Å². The fourth-order valence-corrected chi connectivity index (χ4v) is 6.58. The number of benzene rings is 1. The zero-order chi connectivity index (χ0) is 23.6. The second kappa shape index (κ2) is 10.1. The Morgan fingerprint density at radius 3 is 2.76 bits per heavy atom. The van der Waals surface area contributed by atoms with E-state index in [4.69, 9.17) is 4.74 Å². The molecule has 1 N–H and O–H groups in total. The molecule has 1 aromatic rings. The van der Waals surface area contributed by atoms with E-state index in [1.807, 2.05) is 11.0 Å². The largest absolute Gasteiger partial charge is 0.497 e. The van der Waals surface area contributed by atoms with Crippen LogP contribution in [-0.2, 0) is 10.2 Å². The Morgan fingerprint density at radius 2 is 2.06 bits per heavy atom. The lowest BCUT2D eigenvalue weighted by molar-refractivity contribution is -0.133. The van der Waals surface area contributed by atoms with Crippen molar-refractivity contribution in [3.8, 4) is 5.75 Å². The minimum absolute atomic E-state index is 0.00292. The standard InChI is InChI=1S/C28H43N3O2/c1-6-9-14-30-15-13-28(21-11-10-12-23(16-21)33-5)18-25-24(17-22(28)19-30)20(4)26(29-25)27(32)31(7-2)8-3/h10-12,16,18,20,22,24,26,29H,6-9,13-15,17,19H2,1-5H3. The Labute approximate surface area is 200 Å². The van der Waals surface area contributed by atoms with Gasteiger partial charge >= 0.3 is 0 Å². The average molecular weight is 454 g/mol. The van der Waals surface area contributed by atoms with Crippen molar-refractivity contribution in [2.45, 2.75) is 64.8 Å². The molecule has 5 nitrogen and oxygen atoms in total. The first-order valence-electron chi connectivity index (χ1n) is 13.1. The SMILES string of the molecule is CCCCN1CCC2(c3cccc(OC)c3)C=C3NC(C(=O)N(CC)CC)C(C)C3CC2C1. The van der Waals surface area contributed by atoms with Crippen LogP contribution in [-0.4, -0.2) is 61.6 Å². The highest BCUT2D eigenvalue weighted by atomic mass is 16.5. The van der Waals surface area contributed by atoms with E-state index in [1.54, 1.807) is 7.11 Å². The number of likely N-dealkylation sites (tertiary alicyclic amines) is 1. The van der Waals surface area contributed by atoms with Gasteiger partial charge in [-0.2, -0.15) is 0 Å². The van der Waals surface area contributed by atoms with Crippen molar-refractivity contribution in [2.75, 3.05) is 39.8 Å². The van der Waals surface area contributed by atoms with E-state index in [0.717, 1.165) is 44.8 Å². The van der Waals surface area contributed by atoms with Crippen LogP contribution in [0.15, 0.2) is 36.0 Å². The van der Waals surface area contributed by atoms with Crippen LogP contribution >= 0.6 is 0 Å². The molecule has 0 radical (unpaired) electrons. The molecule has 4 rings (SSSR count). The summed E-state index contributed by atoms with van der Waals surface area (Å²) >= 11 is 0. The Kier molecular flexibility index (Phi) is 7.37. The first-order chi connectivity index (χ1) is 16.0. The molecular formula is C28H43N3O2. The van der Waals surface area contributed by atoms with E-state index >= 15 is 0 Å². The number of amides is 1. The maximum atomic E-state index is 13.3. The lowest BCUT2D eigenvalue weighted by Crippen LogP contribution is -2.52. The van der Waals surface area contributed by atoms with Gasteiger partial charge in [0.1, 0.15) is 11.8 Å². The summed E-state index contributed by atoms with van der Waals surface area (Å²) in [5.41, 5.74) is 2.66. The van der Waals surface area contributed by atoms with Crippen molar-refractivity contribution < 1.29 is 9.53 Å². The zero-order valence-corrected chi connectivity index (χ0v) is 21.3. The number of hydrogen-bond acceptors (Lipinski definition) is 4. The number of carbonyl (C=O) groups is 1. The second-order valence-corrected chi connectivity index (χ2v) is 10.3. The van der Waals surface area contributed by atoms with Crippen LogP contribution in [0.1, 0.15) is 58.9 Å². The summed E-state index contributed by atoms with van der Waals surface area (Å²) in [7, 11) is 1.75. The van der Waals surface area contributed by atoms with Crippen LogP contribution in [0.5, 0.6) is 5.75 Å². The third kappa shape index (κ3) is 4.41. The summed E-state index contributed by atoms with van der Waals surface area (Å²) in [6, 6.07) is 8.58. The number of hydrogen-bond donors (Lipinski definition) is 1. The van der Waals surface area contributed by atoms with Crippen molar-refractivity contribution in [3.63, 3.8) is 0 Å². The lowest BCUT2D eigenvalue weighted by atomic mass is 9.59. The maximum absolute atomic E-state index is 13.3. The highest BCUT2D eigenvalue weighted by Crippen LogP contribution is 2.52. The molecule has 5 atom stereocenters. The van der Waals surface area contributed by atoms with Gasteiger partial charge in [0.05, 0.1) is 7.11 Å². The van der Waals surface area contributed by atoms with Gasteiger partial charge in [-0.15, -0.1) is 0 Å². The molecule has 3 aliphatic rings. The highest BCUT2D eigenvalue weighted by molar-refractivity contribution is 5.83. The number of methoxy groups -OCH3 is 1. The van der Waals surface area contributed by atoms with Crippen molar-refractivity contribution >= 4 is 5.91 Å². The van der Waals surface area contributed by atoms with Gasteiger partial charge in [0.15, 0.2) is 0 Å². The fraction of sp³-hybridized carbons (Fsp3) is 0.679. The van der Waals surface area contributed by atoms with Gasteiger partial charge in [0.2, 0.25) is 5.91 Å². The van der Waals surface area contributed by atoms with E-state index < -0.39 is 0 Å². The zero-order valence-electron chi connectivity index (χ0n) is 21.3. The summed E-state index contributed by atoms with van der Waals surface area (Å²) in [4.78, 5) is 17.9. The smallest absolute Gasteiger partial charge is 0.245 e. The number of nitrogens with zero attached hydrogens (tertiary/aromatic N) is 2. The van der Waals surface area contributed by atoms with E-state index in [2.05, 4.69) is 62.2 Å². The van der Waals surface area contributed by atoms with Crippen molar-refractivity contribution in [1.82, 2.24) is 15.1 Å². The van der Waals surface area contributed by atoms with E-state index in [0.29, 0.717) is 17.8 Å². The molecule has 2 aliphatic heterocycles. The first-order valence-corrected chi connectivity index (χ1v) is 13.1. The molecule has 1 amide bonds. The average Bonchev–Trinajstić information content (AvgIpc) is 3.16. The first kappa shape index (κ1) is 24.1. The Morgan fingerprint density at radius 1 is 1.27 bits per heavy atom. The van der Waals surface area contributed by atoms with Crippen LogP contribution in [0.4, 0.5) is 0 Å². The number of likely N-dealkylation sites (N-methyl/N-ethyl adjacent to an activating group) is 1. The summed E-state index contributed by atoms with van der Waals surface area (Å²) in [6.45, 7) is 13.7.